The summed E-state index contributed by atoms with van der Waals surface area (Å²) < 4.78 is 5.09. The highest BCUT2D eigenvalue weighted by Crippen LogP contribution is 2.26. The number of guanidine groups is 1. The van der Waals surface area contributed by atoms with Gasteiger partial charge < -0.3 is 25.2 Å². The Morgan fingerprint density at radius 2 is 1.59 bits per heavy atom. The summed E-state index contributed by atoms with van der Waals surface area (Å²) in [5.41, 5.74) is 0. The van der Waals surface area contributed by atoms with Gasteiger partial charge in [-0.15, -0.1) is 0 Å². The molecule has 1 saturated heterocycles. The number of rotatable bonds is 6. The predicted molar refractivity (Wildman–Crippen MR) is 115 cm³/mol. The molecule has 1 aliphatic carbocycles. The van der Waals surface area contributed by atoms with E-state index in [-0.39, 0.29) is 24.6 Å². The lowest BCUT2D eigenvalue weighted by Crippen LogP contribution is -2.52. The summed E-state index contributed by atoms with van der Waals surface area (Å²) in [4.78, 5) is 31.8. The molecule has 0 bridgehead atoms. The van der Waals surface area contributed by atoms with Crippen molar-refractivity contribution in [3.05, 3.63) is 0 Å². The zero-order valence-electron chi connectivity index (χ0n) is 18.6. The number of amides is 2. The van der Waals surface area contributed by atoms with Crippen molar-refractivity contribution in [3.63, 3.8) is 0 Å². The second-order valence-electron chi connectivity index (χ2n) is 8.33. The minimum absolute atomic E-state index is 0.0158. The number of carbonyl (C=O) groups is 2. The van der Waals surface area contributed by atoms with Gasteiger partial charge in [-0.05, 0) is 51.4 Å². The van der Waals surface area contributed by atoms with Crippen LogP contribution in [0.2, 0.25) is 0 Å². The maximum Gasteiger partial charge on any atom is 0.409 e. The van der Waals surface area contributed by atoms with E-state index in [1.165, 1.54) is 19.3 Å². The first-order chi connectivity index (χ1) is 13.9. The minimum atomic E-state index is -0.234. The molecule has 0 aromatic rings. The number of ether oxygens (including phenoxy) is 1. The lowest BCUT2D eigenvalue weighted by Gasteiger charge is -2.34. The second kappa shape index (κ2) is 11.9. The van der Waals surface area contributed by atoms with Crippen molar-refractivity contribution in [3.8, 4) is 0 Å². The van der Waals surface area contributed by atoms with E-state index in [4.69, 9.17) is 4.74 Å². The van der Waals surface area contributed by atoms with Crippen LogP contribution < -0.4 is 10.6 Å². The number of aliphatic imine (C=N–C) groups is 1. The number of nitrogens with one attached hydrogen (secondary N) is 2. The van der Waals surface area contributed by atoms with Crippen molar-refractivity contribution in [1.29, 1.82) is 0 Å². The van der Waals surface area contributed by atoms with Gasteiger partial charge in [-0.3, -0.25) is 4.79 Å². The van der Waals surface area contributed by atoms with Crippen molar-refractivity contribution in [2.75, 3.05) is 40.3 Å². The summed E-state index contributed by atoms with van der Waals surface area (Å²) in [5, 5.41) is 7.06. The molecule has 0 unspecified atom stereocenters. The molecule has 29 heavy (non-hydrogen) atoms. The summed E-state index contributed by atoms with van der Waals surface area (Å²) in [6.45, 7) is 5.96. The molecule has 2 fully saturated rings. The van der Waals surface area contributed by atoms with Crippen LogP contribution in [0.1, 0.15) is 58.8 Å². The van der Waals surface area contributed by atoms with E-state index in [1.54, 1.807) is 23.9 Å². The average Bonchev–Trinajstić information content (AvgIpc) is 2.73. The van der Waals surface area contributed by atoms with Crippen molar-refractivity contribution >= 4 is 18.0 Å². The molecule has 2 N–H and O–H groups in total. The number of nitrogens with zero attached hydrogens (tertiary/aromatic N) is 3. The molecule has 0 spiro atoms. The lowest BCUT2D eigenvalue weighted by atomic mass is 9.84. The normalized spacial score (nSPS) is 23.4. The Hall–Kier alpha value is -1.99. The molecular formula is C21H39N5O3. The quantitative estimate of drug-likeness (QED) is 0.519. The Labute approximate surface area is 175 Å². The summed E-state index contributed by atoms with van der Waals surface area (Å²) >= 11 is 0. The molecule has 2 amide bonds. The molecule has 166 valence electrons. The third-order valence-corrected chi connectivity index (χ3v) is 6.00. The molecule has 8 heteroatoms. The average molecular weight is 410 g/mol. The van der Waals surface area contributed by atoms with Crippen LogP contribution in [0.15, 0.2) is 4.99 Å². The van der Waals surface area contributed by atoms with Gasteiger partial charge in [-0.2, -0.15) is 0 Å². The SMILES string of the molecule is CCOC(=O)N1CCC(NC(=NCC(=O)N(C)C)NC2CCC(CC)CC2)CC1. The fourth-order valence-corrected chi connectivity index (χ4v) is 3.94. The van der Waals surface area contributed by atoms with Crippen LogP contribution in [0.5, 0.6) is 0 Å². The molecule has 1 aliphatic heterocycles. The van der Waals surface area contributed by atoms with E-state index in [0.29, 0.717) is 25.7 Å². The highest BCUT2D eigenvalue weighted by Gasteiger charge is 2.26. The summed E-state index contributed by atoms with van der Waals surface area (Å²) in [5.74, 6) is 1.54. The molecule has 0 aromatic carbocycles. The summed E-state index contributed by atoms with van der Waals surface area (Å²) in [6, 6.07) is 0.631. The van der Waals surface area contributed by atoms with Crippen LogP contribution in [0.25, 0.3) is 0 Å². The molecule has 2 aliphatic rings. The van der Waals surface area contributed by atoms with Gasteiger partial charge in [0.1, 0.15) is 6.54 Å². The van der Waals surface area contributed by atoms with Crippen LogP contribution >= 0.6 is 0 Å². The number of likely N-dealkylation sites (tertiary alicyclic amines) is 1. The smallest absolute Gasteiger partial charge is 0.409 e. The Kier molecular flexibility index (Phi) is 9.54. The zero-order valence-corrected chi connectivity index (χ0v) is 18.6. The van der Waals surface area contributed by atoms with E-state index < -0.39 is 0 Å². The Bertz CT molecular complexity index is 551. The van der Waals surface area contributed by atoms with Crippen molar-refractivity contribution in [2.24, 2.45) is 10.9 Å². The minimum Gasteiger partial charge on any atom is -0.450 e. The molecule has 0 atom stereocenters. The first kappa shape index (κ1) is 23.3. The van der Waals surface area contributed by atoms with Gasteiger partial charge in [0.25, 0.3) is 0 Å². The first-order valence-electron chi connectivity index (χ1n) is 11.1. The first-order valence-corrected chi connectivity index (χ1v) is 11.1. The van der Waals surface area contributed by atoms with E-state index in [1.807, 2.05) is 6.92 Å². The summed E-state index contributed by atoms with van der Waals surface area (Å²) in [6.07, 6.45) is 7.47. The van der Waals surface area contributed by atoms with Gasteiger partial charge in [-0.1, -0.05) is 13.3 Å². The van der Waals surface area contributed by atoms with Crippen LogP contribution in [-0.4, -0.2) is 80.2 Å². The van der Waals surface area contributed by atoms with Gasteiger partial charge in [0.05, 0.1) is 6.61 Å². The molecule has 0 aromatic heterocycles. The van der Waals surface area contributed by atoms with Crippen LogP contribution in [0.3, 0.4) is 0 Å². The van der Waals surface area contributed by atoms with Gasteiger partial charge in [0, 0.05) is 39.3 Å². The monoisotopic (exact) mass is 409 g/mol. The zero-order chi connectivity index (χ0) is 21.2. The topological polar surface area (TPSA) is 86.3 Å². The number of piperidine rings is 1. The number of hydrogen-bond acceptors (Lipinski definition) is 4. The highest BCUT2D eigenvalue weighted by atomic mass is 16.6. The molecule has 1 saturated carbocycles. The largest absolute Gasteiger partial charge is 0.450 e. The fraction of sp³-hybridized carbons (Fsp3) is 0.857. The van der Waals surface area contributed by atoms with Crippen molar-refractivity contribution in [2.45, 2.75) is 70.9 Å². The Morgan fingerprint density at radius 1 is 1.00 bits per heavy atom. The van der Waals surface area contributed by atoms with Crippen LogP contribution in [0, 0.1) is 5.92 Å². The van der Waals surface area contributed by atoms with E-state index >= 15 is 0 Å². The predicted octanol–water partition coefficient (Wildman–Crippen LogP) is 2.20. The van der Waals surface area contributed by atoms with E-state index in [0.717, 1.165) is 37.6 Å². The second-order valence-corrected chi connectivity index (χ2v) is 8.33. The van der Waals surface area contributed by atoms with E-state index in [2.05, 4.69) is 22.5 Å². The lowest BCUT2D eigenvalue weighted by molar-refractivity contribution is -0.127. The molecule has 2 rings (SSSR count). The standard InChI is InChI=1S/C21H39N5O3/c1-5-16-7-9-17(10-8-16)23-20(22-15-19(27)25(3)4)24-18-11-13-26(14-12-18)21(28)29-6-2/h16-18H,5-15H2,1-4H3,(H2,22,23,24). The fourth-order valence-electron chi connectivity index (χ4n) is 3.94. The number of hydrogen-bond donors (Lipinski definition) is 2. The molecule has 0 radical (unpaired) electrons. The maximum atomic E-state index is 12.0. The van der Waals surface area contributed by atoms with Gasteiger partial charge in [0.15, 0.2) is 5.96 Å². The van der Waals surface area contributed by atoms with Crippen LogP contribution in [0.4, 0.5) is 4.79 Å². The summed E-state index contributed by atoms with van der Waals surface area (Å²) in [7, 11) is 3.49. The van der Waals surface area contributed by atoms with Crippen molar-refractivity contribution in [1.82, 2.24) is 20.4 Å². The van der Waals surface area contributed by atoms with Gasteiger partial charge >= 0.3 is 6.09 Å². The Balaban J connectivity index is 1.90. The third kappa shape index (κ3) is 7.74. The van der Waals surface area contributed by atoms with Gasteiger partial charge in [0.2, 0.25) is 5.91 Å². The molecular weight excluding hydrogens is 370 g/mol. The molecule has 8 nitrogen and oxygen atoms in total. The Morgan fingerprint density at radius 3 is 2.10 bits per heavy atom. The number of likely N-dealkylation sites (N-methyl/N-ethyl adjacent to an activating group) is 1. The molecule has 1 heterocycles. The van der Waals surface area contributed by atoms with Crippen molar-refractivity contribution < 1.29 is 14.3 Å². The van der Waals surface area contributed by atoms with Crippen LogP contribution in [-0.2, 0) is 9.53 Å². The highest BCUT2D eigenvalue weighted by molar-refractivity contribution is 5.85. The van der Waals surface area contributed by atoms with E-state index in [9.17, 15) is 9.59 Å². The van der Waals surface area contributed by atoms with Gasteiger partial charge in [-0.25, -0.2) is 9.79 Å². The maximum absolute atomic E-state index is 12.0. The number of carbonyl (C=O) groups excluding carboxylic acids is 2. The third-order valence-electron chi connectivity index (χ3n) is 6.00.